The van der Waals surface area contributed by atoms with E-state index in [1.54, 1.807) is 20.8 Å². The SMILES string of the molecule is CC(C)(C)OC(=O)[C@H](CNC(=O)CCCCc1ccc2c(n1)NCCC2)NC(=O)OCc1ccccc1. The summed E-state index contributed by atoms with van der Waals surface area (Å²) in [5.41, 5.74) is 2.35. The topological polar surface area (TPSA) is 119 Å². The van der Waals surface area contributed by atoms with Crippen molar-refractivity contribution >= 4 is 23.8 Å². The first-order chi connectivity index (χ1) is 17.7. The van der Waals surface area contributed by atoms with Gasteiger partial charge >= 0.3 is 12.1 Å². The third-order valence-electron chi connectivity index (χ3n) is 5.74. The molecule has 37 heavy (non-hydrogen) atoms. The molecule has 3 N–H and O–H groups in total. The number of aromatic nitrogens is 1. The highest BCUT2D eigenvalue weighted by atomic mass is 16.6. The fraction of sp³-hybridized carbons (Fsp3) is 0.500. The zero-order valence-corrected chi connectivity index (χ0v) is 22.0. The van der Waals surface area contributed by atoms with Gasteiger partial charge in [0.1, 0.15) is 24.1 Å². The van der Waals surface area contributed by atoms with E-state index in [1.807, 2.05) is 30.3 Å². The second kappa shape index (κ2) is 13.6. The Balaban J connectivity index is 1.43. The first-order valence-corrected chi connectivity index (χ1v) is 12.9. The van der Waals surface area contributed by atoms with Crippen LogP contribution in [0.3, 0.4) is 0 Å². The molecule has 200 valence electrons. The lowest BCUT2D eigenvalue weighted by atomic mass is 10.1. The van der Waals surface area contributed by atoms with Crippen molar-refractivity contribution in [3.63, 3.8) is 0 Å². The van der Waals surface area contributed by atoms with Gasteiger partial charge in [0.15, 0.2) is 0 Å². The molecule has 9 heteroatoms. The minimum absolute atomic E-state index is 0.0647. The van der Waals surface area contributed by atoms with Crippen molar-refractivity contribution in [2.45, 2.75) is 77.5 Å². The highest BCUT2D eigenvalue weighted by molar-refractivity contribution is 5.83. The Labute approximate surface area is 218 Å². The van der Waals surface area contributed by atoms with Gasteiger partial charge in [0.05, 0.1) is 0 Å². The molecule has 1 atom stereocenters. The van der Waals surface area contributed by atoms with Crippen LogP contribution >= 0.6 is 0 Å². The smallest absolute Gasteiger partial charge is 0.408 e. The zero-order valence-electron chi connectivity index (χ0n) is 22.0. The molecular weight excluding hydrogens is 472 g/mol. The number of carbonyl (C=O) groups is 3. The molecule has 1 aromatic heterocycles. The lowest BCUT2D eigenvalue weighted by molar-refractivity contribution is -0.157. The number of amides is 2. The van der Waals surface area contributed by atoms with Gasteiger partial charge in [-0.1, -0.05) is 36.4 Å². The van der Waals surface area contributed by atoms with E-state index in [2.05, 4.69) is 33.1 Å². The fourth-order valence-electron chi connectivity index (χ4n) is 3.88. The van der Waals surface area contributed by atoms with Crippen molar-refractivity contribution < 1.29 is 23.9 Å². The number of benzene rings is 1. The van der Waals surface area contributed by atoms with Gasteiger partial charge in [-0.3, -0.25) is 4.79 Å². The summed E-state index contributed by atoms with van der Waals surface area (Å²) in [7, 11) is 0. The third-order valence-corrected chi connectivity index (χ3v) is 5.74. The van der Waals surface area contributed by atoms with Gasteiger partial charge in [-0.05, 0) is 70.1 Å². The highest BCUT2D eigenvalue weighted by Gasteiger charge is 2.27. The summed E-state index contributed by atoms with van der Waals surface area (Å²) in [4.78, 5) is 42.1. The van der Waals surface area contributed by atoms with Gasteiger partial charge in [-0.15, -0.1) is 0 Å². The summed E-state index contributed by atoms with van der Waals surface area (Å²) in [5, 5.41) is 8.59. The van der Waals surface area contributed by atoms with Gasteiger partial charge in [-0.25, -0.2) is 14.6 Å². The standard InChI is InChI=1S/C28H38N4O5/c1-28(2,3)37-26(34)23(32-27(35)36-19-20-10-5-4-6-11-20)18-30-24(33)14-8-7-13-22-16-15-21-12-9-17-29-25(21)31-22/h4-6,10-11,15-16,23H,7-9,12-14,17-19H2,1-3H3,(H,29,31)(H,30,33)(H,32,35)/t23-/m0/s1. The summed E-state index contributed by atoms with van der Waals surface area (Å²) < 4.78 is 10.6. The molecule has 1 aromatic carbocycles. The van der Waals surface area contributed by atoms with E-state index in [0.717, 1.165) is 49.3 Å². The Morgan fingerprint density at radius 2 is 1.86 bits per heavy atom. The number of fused-ring (bicyclic) bond motifs is 1. The lowest BCUT2D eigenvalue weighted by Crippen LogP contribution is -2.50. The number of rotatable bonds is 11. The van der Waals surface area contributed by atoms with Crippen LogP contribution in [0.4, 0.5) is 10.6 Å². The second-order valence-electron chi connectivity index (χ2n) is 10.1. The molecule has 0 bridgehead atoms. The summed E-state index contributed by atoms with van der Waals surface area (Å²) in [6, 6.07) is 12.3. The number of nitrogens with zero attached hydrogens (tertiary/aromatic N) is 1. The molecule has 9 nitrogen and oxygen atoms in total. The van der Waals surface area contributed by atoms with Crippen LogP contribution in [0.1, 0.15) is 63.3 Å². The van der Waals surface area contributed by atoms with E-state index in [0.29, 0.717) is 12.8 Å². The molecule has 0 saturated carbocycles. The monoisotopic (exact) mass is 510 g/mol. The molecule has 0 radical (unpaired) electrons. The van der Waals surface area contributed by atoms with Crippen LogP contribution in [-0.4, -0.2) is 47.7 Å². The quantitative estimate of drug-likeness (QED) is 0.310. The van der Waals surface area contributed by atoms with Crippen LogP contribution in [0.2, 0.25) is 0 Å². The fourth-order valence-corrected chi connectivity index (χ4v) is 3.88. The van der Waals surface area contributed by atoms with Crippen LogP contribution in [-0.2, 0) is 38.5 Å². The second-order valence-corrected chi connectivity index (χ2v) is 10.1. The molecule has 2 heterocycles. The van der Waals surface area contributed by atoms with Crippen molar-refractivity contribution in [1.29, 1.82) is 0 Å². The maximum atomic E-state index is 12.6. The maximum absolute atomic E-state index is 12.6. The van der Waals surface area contributed by atoms with Crippen molar-refractivity contribution in [2.75, 3.05) is 18.4 Å². The molecule has 2 aromatic rings. The summed E-state index contributed by atoms with van der Waals surface area (Å²) >= 11 is 0. The molecule has 2 amide bonds. The van der Waals surface area contributed by atoms with Crippen molar-refractivity contribution in [1.82, 2.24) is 15.6 Å². The molecule has 3 rings (SSSR count). The third kappa shape index (κ3) is 10.1. The minimum atomic E-state index is -1.07. The van der Waals surface area contributed by atoms with Gasteiger partial charge in [0.25, 0.3) is 0 Å². The predicted octanol–water partition coefficient (Wildman–Crippen LogP) is 3.91. The molecule has 0 aliphatic carbocycles. The number of aryl methyl sites for hydroxylation is 2. The number of esters is 1. The molecule has 0 unspecified atom stereocenters. The summed E-state index contributed by atoms with van der Waals surface area (Å²) in [6.07, 6.45) is 4.02. The minimum Gasteiger partial charge on any atom is -0.458 e. The van der Waals surface area contributed by atoms with Crippen molar-refractivity contribution in [3.8, 4) is 0 Å². The van der Waals surface area contributed by atoms with E-state index in [-0.39, 0.29) is 19.1 Å². The van der Waals surface area contributed by atoms with E-state index < -0.39 is 23.7 Å². The predicted molar refractivity (Wildman–Crippen MR) is 141 cm³/mol. The number of ether oxygens (including phenoxy) is 2. The Morgan fingerprint density at radius 3 is 2.62 bits per heavy atom. The Morgan fingerprint density at radius 1 is 1.08 bits per heavy atom. The first kappa shape index (κ1) is 28.0. The van der Waals surface area contributed by atoms with Crippen molar-refractivity contribution in [3.05, 3.63) is 59.3 Å². The largest absolute Gasteiger partial charge is 0.458 e. The normalized spacial score (nSPS) is 13.5. The first-order valence-electron chi connectivity index (χ1n) is 12.9. The molecular formula is C28H38N4O5. The molecule has 1 aliphatic rings. The van der Waals surface area contributed by atoms with Gasteiger partial charge in [0, 0.05) is 25.2 Å². The number of nitrogens with one attached hydrogen (secondary N) is 3. The van der Waals surface area contributed by atoms with Crippen LogP contribution < -0.4 is 16.0 Å². The van der Waals surface area contributed by atoms with E-state index in [9.17, 15) is 14.4 Å². The van der Waals surface area contributed by atoms with Gasteiger partial charge in [-0.2, -0.15) is 0 Å². The molecule has 0 spiro atoms. The Hall–Kier alpha value is -3.62. The number of carbonyl (C=O) groups excluding carboxylic acids is 3. The molecule has 0 saturated heterocycles. The Bertz CT molecular complexity index is 1050. The average Bonchev–Trinajstić information content (AvgIpc) is 2.87. The zero-order chi connectivity index (χ0) is 26.7. The number of pyridine rings is 1. The number of anilines is 1. The number of hydrogen-bond donors (Lipinski definition) is 3. The lowest BCUT2D eigenvalue weighted by Gasteiger charge is -2.24. The van der Waals surface area contributed by atoms with Crippen LogP contribution in [0, 0.1) is 0 Å². The number of unbranched alkanes of at least 4 members (excludes halogenated alkanes) is 1. The van der Waals surface area contributed by atoms with Gasteiger partial charge in [0.2, 0.25) is 5.91 Å². The average molecular weight is 511 g/mol. The van der Waals surface area contributed by atoms with E-state index in [4.69, 9.17) is 9.47 Å². The van der Waals surface area contributed by atoms with Crippen LogP contribution in [0.5, 0.6) is 0 Å². The maximum Gasteiger partial charge on any atom is 0.408 e. The van der Waals surface area contributed by atoms with E-state index in [1.165, 1.54) is 5.56 Å². The Kier molecular flexibility index (Phi) is 10.3. The van der Waals surface area contributed by atoms with Crippen LogP contribution in [0.25, 0.3) is 0 Å². The molecule has 1 aliphatic heterocycles. The van der Waals surface area contributed by atoms with E-state index >= 15 is 0 Å². The van der Waals surface area contributed by atoms with Gasteiger partial charge < -0.3 is 25.4 Å². The summed E-state index contributed by atoms with van der Waals surface area (Å²) in [5.74, 6) is 0.133. The molecule has 0 fully saturated rings. The van der Waals surface area contributed by atoms with Crippen LogP contribution in [0.15, 0.2) is 42.5 Å². The highest BCUT2D eigenvalue weighted by Crippen LogP contribution is 2.20. The summed E-state index contributed by atoms with van der Waals surface area (Å²) in [6.45, 7) is 6.14. The van der Waals surface area contributed by atoms with Crippen molar-refractivity contribution in [2.24, 2.45) is 0 Å². The number of alkyl carbamates (subject to hydrolysis) is 1. The number of hydrogen-bond acceptors (Lipinski definition) is 7.